The molecule has 0 spiro atoms. The molecule has 4 rings (SSSR count). The van der Waals surface area contributed by atoms with E-state index in [9.17, 15) is 0 Å². The summed E-state index contributed by atoms with van der Waals surface area (Å²) in [5, 5.41) is 0. The van der Waals surface area contributed by atoms with E-state index < -0.39 is 0 Å². The molecule has 3 heterocycles. The van der Waals surface area contributed by atoms with Gasteiger partial charge in [-0.15, -0.1) is 0 Å². The normalized spacial score (nSPS) is 10.7. The van der Waals surface area contributed by atoms with Crippen molar-refractivity contribution in [3.63, 3.8) is 0 Å². The molecule has 0 unspecified atom stereocenters. The Morgan fingerprint density at radius 2 is 1.71 bits per heavy atom. The van der Waals surface area contributed by atoms with Crippen LogP contribution in [0, 0.1) is 6.92 Å². The maximum Gasteiger partial charge on any atom is 0.144 e. The van der Waals surface area contributed by atoms with Crippen molar-refractivity contribution < 1.29 is 0 Å². The average Bonchev–Trinajstić information content (AvgIpc) is 3.12. The Balaban J connectivity index is 1.80. The molecule has 0 atom stereocenters. The molecular weight excluding hydrogens is 298 g/mol. The first-order valence-corrected chi connectivity index (χ1v) is 7.65. The molecular formula is C19H15N5. The third-order valence-corrected chi connectivity index (χ3v) is 3.78. The van der Waals surface area contributed by atoms with Crippen LogP contribution in [0.5, 0.6) is 0 Å². The van der Waals surface area contributed by atoms with Gasteiger partial charge in [0, 0.05) is 47.8 Å². The third-order valence-electron chi connectivity index (χ3n) is 3.78. The number of hydrogen-bond acceptors (Lipinski definition) is 4. The molecule has 0 saturated carbocycles. The first-order valence-electron chi connectivity index (χ1n) is 7.65. The molecule has 0 aliphatic heterocycles. The van der Waals surface area contributed by atoms with Crippen LogP contribution in [0.2, 0.25) is 0 Å². The van der Waals surface area contributed by atoms with E-state index in [2.05, 4.69) is 36.6 Å². The Kier molecular flexibility index (Phi) is 3.59. The number of aryl methyl sites for hydroxylation is 1. The SMILES string of the molecule is Cc1nccc(-c2cccc(-n3ccnc3-c3ccncc3)c2)n1. The molecule has 1 aromatic carbocycles. The molecule has 0 saturated heterocycles. The van der Waals surface area contributed by atoms with Gasteiger partial charge in [0.2, 0.25) is 0 Å². The van der Waals surface area contributed by atoms with Crippen molar-refractivity contribution in [3.8, 4) is 28.3 Å². The van der Waals surface area contributed by atoms with Crippen molar-refractivity contribution in [1.82, 2.24) is 24.5 Å². The van der Waals surface area contributed by atoms with Crippen LogP contribution < -0.4 is 0 Å². The number of pyridine rings is 1. The highest BCUT2D eigenvalue weighted by atomic mass is 15.1. The summed E-state index contributed by atoms with van der Waals surface area (Å²) in [5.41, 5.74) is 4.02. The van der Waals surface area contributed by atoms with Gasteiger partial charge < -0.3 is 0 Å². The minimum absolute atomic E-state index is 0.762. The van der Waals surface area contributed by atoms with Crippen molar-refractivity contribution in [3.05, 3.63) is 79.3 Å². The number of rotatable bonds is 3. The number of benzene rings is 1. The highest BCUT2D eigenvalue weighted by molar-refractivity contribution is 5.64. The quantitative estimate of drug-likeness (QED) is 0.578. The van der Waals surface area contributed by atoms with E-state index in [-0.39, 0.29) is 0 Å². The first kappa shape index (κ1) is 14.3. The second-order valence-electron chi connectivity index (χ2n) is 5.40. The highest BCUT2D eigenvalue weighted by Crippen LogP contribution is 2.24. The third kappa shape index (κ3) is 2.67. The van der Waals surface area contributed by atoms with Gasteiger partial charge in [0.15, 0.2) is 0 Å². The van der Waals surface area contributed by atoms with Crippen LogP contribution in [0.25, 0.3) is 28.3 Å². The van der Waals surface area contributed by atoms with Crippen LogP contribution in [0.3, 0.4) is 0 Å². The average molecular weight is 313 g/mol. The number of hydrogen-bond donors (Lipinski definition) is 0. The lowest BCUT2D eigenvalue weighted by Crippen LogP contribution is -1.97. The molecule has 0 aliphatic carbocycles. The van der Waals surface area contributed by atoms with Gasteiger partial charge >= 0.3 is 0 Å². The zero-order chi connectivity index (χ0) is 16.4. The van der Waals surface area contributed by atoms with Crippen LogP contribution in [0.1, 0.15) is 5.82 Å². The second kappa shape index (κ2) is 6.04. The van der Waals surface area contributed by atoms with E-state index >= 15 is 0 Å². The monoisotopic (exact) mass is 313 g/mol. The fourth-order valence-corrected chi connectivity index (χ4v) is 2.66. The van der Waals surface area contributed by atoms with Gasteiger partial charge in [0.05, 0.1) is 5.69 Å². The van der Waals surface area contributed by atoms with Crippen molar-refractivity contribution >= 4 is 0 Å². The van der Waals surface area contributed by atoms with Gasteiger partial charge in [-0.1, -0.05) is 12.1 Å². The fraction of sp³-hybridized carbons (Fsp3) is 0.0526. The summed E-state index contributed by atoms with van der Waals surface area (Å²) < 4.78 is 2.06. The Labute approximate surface area is 139 Å². The van der Waals surface area contributed by atoms with Gasteiger partial charge in [-0.2, -0.15) is 0 Å². The lowest BCUT2D eigenvalue weighted by atomic mass is 10.1. The molecule has 0 N–H and O–H groups in total. The van der Waals surface area contributed by atoms with Crippen molar-refractivity contribution in [2.45, 2.75) is 6.92 Å². The molecule has 4 aromatic rings. The predicted octanol–water partition coefficient (Wildman–Crippen LogP) is 3.70. The summed E-state index contributed by atoms with van der Waals surface area (Å²) in [7, 11) is 0. The van der Waals surface area contributed by atoms with Crippen LogP contribution in [-0.4, -0.2) is 24.5 Å². The minimum Gasteiger partial charge on any atom is -0.300 e. The topological polar surface area (TPSA) is 56.5 Å². The standard InChI is InChI=1S/C19H15N5/c1-14-21-10-7-18(23-14)16-3-2-4-17(13-16)24-12-11-22-19(24)15-5-8-20-9-6-15/h2-13H,1H3. The smallest absolute Gasteiger partial charge is 0.144 e. The highest BCUT2D eigenvalue weighted by Gasteiger charge is 2.09. The van der Waals surface area contributed by atoms with E-state index in [0.717, 1.165) is 34.2 Å². The van der Waals surface area contributed by atoms with Gasteiger partial charge in [0.25, 0.3) is 0 Å². The maximum absolute atomic E-state index is 4.50. The van der Waals surface area contributed by atoms with Gasteiger partial charge in [-0.05, 0) is 37.3 Å². The van der Waals surface area contributed by atoms with Crippen molar-refractivity contribution in [1.29, 1.82) is 0 Å². The van der Waals surface area contributed by atoms with E-state index in [4.69, 9.17) is 0 Å². The Morgan fingerprint density at radius 1 is 0.833 bits per heavy atom. The van der Waals surface area contributed by atoms with E-state index in [1.165, 1.54) is 0 Å². The van der Waals surface area contributed by atoms with E-state index in [1.807, 2.05) is 43.5 Å². The minimum atomic E-state index is 0.762. The largest absolute Gasteiger partial charge is 0.300 e. The summed E-state index contributed by atoms with van der Waals surface area (Å²) in [6.07, 6.45) is 9.09. The molecule has 5 nitrogen and oxygen atoms in total. The maximum atomic E-state index is 4.50. The Morgan fingerprint density at radius 3 is 2.54 bits per heavy atom. The summed E-state index contributed by atoms with van der Waals surface area (Å²) in [6, 6.07) is 14.1. The number of aromatic nitrogens is 5. The number of nitrogens with zero attached hydrogens (tertiary/aromatic N) is 5. The van der Waals surface area contributed by atoms with Crippen molar-refractivity contribution in [2.75, 3.05) is 0 Å². The fourth-order valence-electron chi connectivity index (χ4n) is 2.66. The summed E-state index contributed by atoms with van der Waals surface area (Å²) >= 11 is 0. The van der Waals surface area contributed by atoms with Crippen LogP contribution in [0.15, 0.2) is 73.4 Å². The van der Waals surface area contributed by atoms with Gasteiger partial charge in [-0.25, -0.2) is 15.0 Å². The molecule has 0 bridgehead atoms. The van der Waals surface area contributed by atoms with E-state index in [0.29, 0.717) is 0 Å². The van der Waals surface area contributed by atoms with Gasteiger partial charge in [0.1, 0.15) is 11.6 Å². The van der Waals surface area contributed by atoms with E-state index in [1.54, 1.807) is 24.8 Å². The summed E-state index contributed by atoms with van der Waals surface area (Å²) in [5.74, 6) is 1.64. The molecule has 0 aliphatic rings. The molecule has 0 amide bonds. The van der Waals surface area contributed by atoms with Crippen LogP contribution >= 0.6 is 0 Å². The molecule has 0 radical (unpaired) electrons. The molecule has 0 fully saturated rings. The first-order chi connectivity index (χ1) is 11.8. The molecule has 3 aromatic heterocycles. The lowest BCUT2D eigenvalue weighted by Gasteiger charge is -2.10. The molecule has 116 valence electrons. The summed E-state index contributed by atoms with van der Waals surface area (Å²) in [6.45, 7) is 1.89. The Hall–Kier alpha value is -3.34. The second-order valence-corrected chi connectivity index (χ2v) is 5.40. The zero-order valence-electron chi connectivity index (χ0n) is 13.2. The zero-order valence-corrected chi connectivity index (χ0v) is 13.2. The number of imidazole rings is 1. The van der Waals surface area contributed by atoms with Crippen LogP contribution in [0.4, 0.5) is 0 Å². The van der Waals surface area contributed by atoms with Crippen LogP contribution in [-0.2, 0) is 0 Å². The molecule has 5 heteroatoms. The lowest BCUT2D eigenvalue weighted by molar-refractivity contribution is 1.05. The Bertz CT molecular complexity index is 976. The molecule has 24 heavy (non-hydrogen) atoms. The van der Waals surface area contributed by atoms with Gasteiger partial charge in [-0.3, -0.25) is 9.55 Å². The van der Waals surface area contributed by atoms with Crippen molar-refractivity contribution in [2.24, 2.45) is 0 Å². The predicted molar refractivity (Wildman–Crippen MR) is 92.6 cm³/mol. The summed E-state index contributed by atoms with van der Waals surface area (Å²) in [4.78, 5) is 17.2.